The fourth-order valence-corrected chi connectivity index (χ4v) is 2.45. The van der Waals surface area contributed by atoms with Crippen molar-refractivity contribution in [2.75, 3.05) is 5.75 Å². The molecule has 0 aliphatic rings. The van der Waals surface area contributed by atoms with Crippen LogP contribution in [0.2, 0.25) is 0 Å². The Morgan fingerprint density at radius 1 is 1.06 bits per heavy atom. The molecule has 0 bridgehead atoms. The zero-order valence-corrected chi connectivity index (χ0v) is 10.0. The minimum atomic E-state index is -9.56. The molecule has 0 radical (unpaired) electrons. The maximum atomic E-state index is 12.3. The van der Waals surface area contributed by atoms with E-state index >= 15 is 0 Å². The van der Waals surface area contributed by atoms with Crippen LogP contribution in [-0.2, 0) is 4.79 Å². The van der Waals surface area contributed by atoms with Crippen molar-refractivity contribution in [3.63, 3.8) is 0 Å². The van der Waals surface area contributed by atoms with Gasteiger partial charge in [-0.2, -0.15) is 0 Å². The second kappa shape index (κ2) is 3.88. The van der Waals surface area contributed by atoms with Gasteiger partial charge >= 0.3 is 10.2 Å². The van der Waals surface area contributed by atoms with Crippen molar-refractivity contribution >= 4 is 28.3 Å². The Morgan fingerprint density at radius 2 is 1.59 bits per heavy atom. The highest BCUT2D eigenvalue weighted by Crippen LogP contribution is 3.02. The van der Waals surface area contributed by atoms with Crippen molar-refractivity contribution in [3.05, 3.63) is 24.3 Å². The topological polar surface area (TPSA) is 17.1 Å². The molecule has 17 heavy (non-hydrogen) atoms. The van der Waals surface area contributed by atoms with Crippen molar-refractivity contribution in [2.45, 2.75) is 16.2 Å². The molecule has 0 fully saturated rings. The fraction of sp³-hybridized carbons (Fsp3) is 0.222. The molecule has 98 valence electrons. The van der Waals surface area contributed by atoms with Gasteiger partial charge in [0.2, 0.25) is 0 Å². The van der Waals surface area contributed by atoms with Gasteiger partial charge in [-0.25, -0.2) is 0 Å². The molecule has 0 aromatic heterocycles. The van der Waals surface area contributed by atoms with Crippen LogP contribution >= 0.6 is 22.0 Å². The number of rotatable bonds is 5. The Kier molecular flexibility index (Phi) is 3.26. The first kappa shape index (κ1) is 14.3. The van der Waals surface area contributed by atoms with Crippen LogP contribution in [0.25, 0.3) is 0 Å². The fourth-order valence-electron chi connectivity index (χ4n) is 1.02. The van der Waals surface area contributed by atoms with E-state index in [2.05, 4.69) is 0 Å². The van der Waals surface area contributed by atoms with Crippen LogP contribution in [0.1, 0.15) is 6.42 Å². The summed E-state index contributed by atoms with van der Waals surface area (Å²) in [7, 11) is -9.56. The zero-order chi connectivity index (χ0) is 13.2. The summed E-state index contributed by atoms with van der Waals surface area (Å²) in [6.07, 6.45) is 0.935. The first-order valence-electron chi connectivity index (χ1n) is 4.43. The molecule has 0 heterocycles. The predicted octanol–water partition coefficient (Wildman–Crippen LogP) is 5.03. The second-order valence-electron chi connectivity index (χ2n) is 3.24. The van der Waals surface area contributed by atoms with Crippen LogP contribution < -0.4 is 0 Å². The van der Waals surface area contributed by atoms with Crippen LogP contribution in [0.5, 0.6) is 0 Å². The molecule has 0 unspecified atom stereocenters. The molecule has 1 aromatic carbocycles. The van der Waals surface area contributed by atoms with Crippen molar-refractivity contribution in [1.82, 2.24) is 0 Å². The summed E-state index contributed by atoms with van der Waals surface area (Å²) in [5.74, 6) is 0.402. The first-order valence-corrected chi connectivity index (χ1v) is 7.37. The summed E-state index contributed by atoms with van der Waals surface area (Å²) < 4.78 is 61.7. The maximum absolute atomic E-state index is 12.3. The number of thioether (sulfide) groups is 1. The molecule has 1 rings (SSSR count). The van der Waals surface area contributed by atoms with Crippen molar-refractivity contribution < 1.29 is 24.2 Å². The van der Waals surface area contributed by atoms with Crippen LogP contribution in [0, 0.1) is 0 Å². The van der Waals surface area contributed by atoms with E-state index in [9.17, 15) is 24.2 Å². The summed E-state index contributed by atoms with van der Waals surface area (Å²) in [6.45, 7) is 0. The standard InChI is InChI=1S/C9H9F5OS2/c10-17(11,12,13,14)9-4-2-8(3-5-9)16-7-1-6-15/h2-6H,1,7H2. The lowest BCUT2D eigenvalue weighted by Gasteiger charge is -2.40. The molecule has 1 aromatic rings. The van der Waals surface area contributed by atoms with Crippen LogP contribution in [-0.4, -0.2) is 12.0 Å². The third-order valence-electron chi connectivity index (χ3n) is 1.77. The molecular weight excluding hydrogens is 283 g/mol. The number of halogens is 5. The van der Waals surface area contributed by atoms with Crippen molar-refractivity contribution in [2.24, 2.45) is 0 Å². The van der Waals surface area contributed by atoms with Gasteiger partial charge in [-0.15, -0.1) is 11.8 Å². The summed E-state index contributed by atoms with van der Waals surface area (Å²) in [6, 6.07) is 2.68. The van der Waals surface area contributed by atoms with E-state index in [0.717, 1.165) is 23.9 Å². The summed E-state index contributed by atoms with van der Waals surface area (Å²) >= 11 is 1.13. The Bertz CT molecular complexity index is 410. The van der Waals surface area contributed by atoms with Gasteiger partial charge in [0, 0.05) is 17.1 Å². The van der Waals surface area contributed by atoms with Crippen molar-refractivity contribution in [3.8, 4) is 0 Å². The van der Waals surface area contributed by atoms with E-state index in [-0.39, 0.29) is 6.42 Å². The molecule has 0 amide bonds. The lowest BCUT2D eigenvalue weighted by atomic mass is 10.4. The largest absolute Gasteiger partial charge is 0.310 e. The summed E-state index contributed by atoms with van der Waals surface area (Å²) in [4.78, 5) is 8.52. The van der Waals surface area contributed by atoms with Crippen LogP contribution in [0.3, 0.4) is 0 Å². The van der Waals surface area contributed by atoms with Gasteiger partial charge in [-0.05, 0) is 24.3 Å². The Labute approximate surface area is 99.1 Å². The van der Waals surface area contributed by atoms with Gasteiger partial charge in [-0.3, -0.25) is 0 Å². The number of hydrogen-bond donors (Lipinski definition) is 0. The molecule has 0 saturated heterocycles. The van der Waals surface area contributed by atoms with Gasteiger partial charge < -0.3 is 4.79 Å². The van der Waals surface area contributed by atoms with Gasteiger partial charge in [0.15, 0.2) is 0 Å². The van der Waals surface area contributed by atoms with E-state index in [0.29, 0.717) is 29.1 Å². The highest BCUT2D eigenvalue weighted by Gasteiger charge is 2.65. The molecule has 0 saturated carbocycles. The highest BCUT2D eigenvalue weighted by atomic mass is 32.5. The van der Waals surface area contributed by atoms with Crippen LogP contribution in [0.15, 0.2) is 34.1 Å². The normalized spacial score (nSPS) is 16.1. The Balaban J connectivity index is 2.86. The third kappa shape index (κ3) is 4.55. The first-order chi connectivity index (χ1) is 7.53. The predicted molar refractivity (Wildman–Crippen MR) is 59.2 cm³/mol. The maximum Gasteiger partial charge on any atom is 0.310 e. The lowest BCUT2D eigenvalue weighted by Crippen LogP contribution is -2.05. The molecule has 0 aliphatic heterocycles. The van der Waals surface area contributed by atoms with Gasteiger partial charge in [-0.1, -0.05) is 19.4 Å². The summed E-state index contributed by atoms with van der Waals surface area (Å²) in [5.41, 5.74) is 0. The van der Waals surface area contributed by atoms with E-state index in [1.54, 1.807) is 0 Å². The molecule has 0 spiro atoms. The van der Waals surface area contributed by atoms with Crippen LogP contribution in [0.4, 0.5) is 19.4 Å². The van der Waals surface area contributed by atoms with Gasteiger partial charge in [0.05, 0.1) is 0 Å². The zero-order valence-electron chi connectivity index (χ0n) is 8.42. The average molecular weight is 292 g/mol. The Morgan fingerprint density at radius 3 is 2.00 bits per heavy atom. The van der Waals surface area contributed by atoms with E-state index in [1.165, 1.54) is 0 Å². The monoisotopic (exact) mass is 292 g/mol. The number of hydrogen-bond acceptors (Lipinski definition) is 2. The third-order valence-corrected chi connectivity index (χ3v) is 3.98. The minimum absolute atomic E-state index is 0.258. The van der Waals surface area contributed by atoms with Gasteiger partial charge in [0.1, 0.15) is 11.2 Å². The van der Waals surface area contributed by atoms with E-state index in [4.69, 9.17) is 0 Å². The summed E-state index contributed by atoms with van der Waals surface area (Å²) in [5, 5.41) is 0. The number of aldehydes is 1. The van der Waals surface area contributed by atoms with Crippen molar-refractivity contribution in [1.29, 1.82) is 0 Å². The van der Waals surface area contributed by atoms with E-state index < -0.39 is 15.1 Å². The second-order valence-corrected chi connectivity index (χ2v) is 6.82. The molecule has 8 heteroatoms. The number of benzene rings is 1. The highest BCUT2D eigenvalue weighted by molar-refractivity contribution is 8.45. The molecular formula is C9H9F5OS2. The van der Waals surface area contributed by atoms with Gasteiger partial charge in [0.25, 0.3) is 0 Å². The van der Waals surface area contributed by atoms with E-state index in [1.807, 2.05) is 0 Å². The number of carbonyl (C=O) groups excluding carboxylic acids is 1. The lowest BCUT2D eigenvalue weighted by molar-refractivity contribution is -0.107. The average Bonchev–Trinajstić information content (AvgIpc) is 2.15. The smallest absolute Gasteiger partial charge is 0.303 e. The quantitative estimate of drug-likeness (QED) is 0.328. The minimum Gasteiger partial charge on any atom is -0.303 e. The molecule has 0 N–H and O–H groups in total. The Hall–Kier alpha value is -0.760. The molecule has 0 aliphatic carbocycles. The molecule has 0 atom stereocenters. The SMILES string of the molecule is O=CCCSc1ccc(S(F)(F)(F)(F)F)cc1. The molecule has 1 nitrogen and oxygen atoms in total. The number of carbonyl (C=O) groups is 1.